The number of hydrogen-bond donors (Lipinski definition) is 0. The van der Waals surface area contributed by atoms with Gasteiger partial charge in [0.15, 0.2) is 0 Å². The zero-order valence-corrected chi connectivity index (χ0v) is 11.1. The molecule has 2 aromatic rings. The van der Waals surface area contributed by atoms with Gasteiger partial charge >= 0.3 is 5.69 Å². The molecule has 7 heteroatoms. The summed E-state index contributed by atoms with van der Waals surface area (Å²) in [6, 6.07) is 7.80. The van der Waals surface area contributed by atoms with Crippen LogP contribution in [0.5, 0.6) is 5.88 Å². The third-order valence-corrected chi connectivity index (χ3v) is 3.05. The summed E-state index contributed by atoms with van der Waals surface area (Å²) in [5.41, 5.74) is 0.567. The van der Waals surface area contributed by atoms with Gasteiger partial charge in [0.2, 0.25) is 0 Å². The molecular formula is C12H8Cl2N2O3. The Labute approximate surface area is 118 Å². The van der Waals surface area contributed by atoms with Crippen molar-refractivity contribution in [3.63, 3.8) is 0 Å². The number of aromatic nitrogens is 1. The maximum atomic E-state index is 10.8. The lowest BCUT2D eigenvalue weighted by atomic mass is 10.2. The van der Waals surface area contributed by atoms with Gasteiger partial charge in [-0.15, -0.1) is 0 Å². The second-order valence-electron chi connectivity index (χ2n) is 3.62. The number of benzene rings is 1. The van der Waals surface area contributed by atoms with E-state index in [0.29, 0.717) is 10.0 Å². The quantitative estimate of drug-likeness (QED) is 0.635. The Hall–Kier alpha value is -1.85. The van der Waals surface area contributed by atoms with Crippen LogP contribution < -0.4 is 4.74 Å². The topological polar surface area (TPSA) is 65.3 Å². The molecule has 0 saturated heterocycles. The van der Waals surface area contributed by atoms with Crippen molar-refractivity contribution in [1.29, 1.82) is 0 Å². The summed E-state index contributed by atoms with van der Waals surface area (Å²) >= 11 is 11.7. The Balaban J connectivity index is 2.14. The van der Waals surface area contributed by atoms with Gasteiger partial charge in [0.05, 0.1) is 15.0 Å². The highest BCUT2D eigenvalue weighted by Gasteiger charge is 2.15. The monoisotopic (exact) mass is 298 g/mol. The molecule has 0 amide bonds. The smallest absolute Gasteiger partial charge is 0.330 e. The molecule has 5 nitrogen and oxygen atoms in total. The van der Waals surface area contributed by atoms with E-state index in [1.807, 2.05) is 0 Å². The summed E-state index contributed by atoms with van der Waals surface area (Å²) < 4.78 is 5.32. The molecule has 1 heterocycles. The van der Waals surface area contributed by atoms with Crippen LogP contribution in [0.2, 0.25) is 10.0 Å². The molecule has 0 unspecified atom stereocenters. The minimum absolute atomic E-state index is 0.0291. The molecule has 1 aromatic heterocycles. The van der Waals surface area contributed by atoms with Gasteiger partial charge in [-0.05, 0) is 23.8 Å². The van der Waals surface area contributed by atoms with E-state index >= 15 is 0 Å². The van der Waals surface area contributed by atoms with Crippen LogP contribution in [0.4, 0.5) is 5.69 Å². The predicted molar refractivity (Wildman–Crippen MR) is 71.7 cm³/mol. The Morgan fingerprint density at radius 3 is 2.74 bits per heavy atom. The van der Waals surface area contributed by atoms with Crippen molar-refractivity contribution in [3.8, 4) is 5.88 Å². The molecular weight excluding hydrogens is 291 g/mol. The molecule has 0 aliphatic heterocycles. The molecule has 98 valence electrons. The average Bonchev–Trinajstić information content (AvgIpc) is 2.40. The number of hydrogen-bond acceptors (Lipinski definition) is 4. The van der Waals surface area contributed by atoms with Crippen LogP contribution in [0.3, 0.4) is 0 Å². The Bertz CT molecular complexity index is 620. The van der Waals surface area contributed by atoms with Crippen LogP contribution in [-0.2, 0) is 6.61 Å². The van der Waals surface area contributed by atoms with E-state index in [0.717, 1.165) is 5.56 Å². The minimum Gasteiger partial charge on any atom is -0.468 e. The molecule has 0 bridgehead atoms. The molecule has 0 aliphatic rings. The highest BCUT2D eigenvalue weighted by atomic mass is 35.5. The molecule has 0 radical (unpaired) electrons. The minimum atomic E-state index is -0.544. The van der Waals surface area contributed by atoms with Gasteiger partial charge in [-0.25, -0.2) is 4.98 Å². The lowest BCUT2D eigenvalue weighted by Crippen LogP contribution is -2.00. The van der Waals surface area contributed by atoms with Gasteiger partial charge in [0.1, 0.15) is 6.61 Å². The summed E-state index contributed by atoms with van der Waals surface area (Å²) in [5.74, 6) is -0.0291. The molecule has 0 fully saturated rings. The number of nitrogens with zero attached hydrogens (tertiary/aromatic N) is 2. The van der Waals surface area contributed by atoms with Gasteiger partial charge in [0.25, 0.3) is 5.88 Å². The van der Waals surface area contributed by atoms with Crippen LogP contribution in [-0.4, -0.2) is 9.91 Å². The fourth-order valence-corrected chi connectivity index (χ4v) is 1.73. The van der Waals surface area contributed by atoms with Crippen molar-refractivity contribution >= 4 is 28.9 Å². The first-order valence-electron chi connectivity index (χ1n) is 5.24. The summed E-state index contributed by atoms with van der Waals surface area (Å²) in [6.07, 6.45) is 1.43. The highest BCUT2D eigenvalue weighted by molar-refractivity contribution is 6.42. The molecule has 19 heavy (non-hydrogen) atoms. The van der Waals surface area contributed by atoms with Crippen molar-refractivity contribution in [1.82, 2.24) is 4.98 Å². The summed E-state index contributed by atoms with van der Waals surface area (Å²) in [5, 5.41) is 11.6. The standard InChI is InChI=1S/C12H8Cl2N2O3/c13-9-4-3-8(6-10(9)14)7-19-12-11(16(17)18)2-1-5-15-12/h1-6H,7H2. The first-order chi connectivity index (χ1) is 9.08. The Kier molecular flexibility index (Phi) is 4.19. The van der Waals surface area contributed by atoms with Gasteiger partial charge < -0.3 is 4.74 Å². The summed E-state index contributed by atoms with van der Waals surface area (Å²) in [6.45, 7) is 0.120. The fourth-order valence-electron chi connectivity index (χ4n) is 1.41. The van der Waals surface area contributed by atoms with Gasteiger partial charge in [-0.1, -0.05) is 29.3 Å². The van der Waals surface area contributed by atoms with Crippen LogP contribution in [0.15, 0.2) is 36.5 Å². The van der Waals surface area contributed by atoms with Crippen LogP contribution in [0.1, 0.15) is 5.56 Å². The normalized spacial score (nSPS) is 10.2. The number of rotatable bonds is 4. The highest BCUT2D eigenvalue weighted by Crippen LogP contribution is 2.26. The van der Waals surface area contributed by atoms with Crippen molar-refractivity contribution in [2.24, 2.45) is 0 Å². The van der Waals surface area contributed by atoms with E-state index in [-0.39, 0.29) is 18.2 Å². The van der Waals surface area contributed by atoms with Gasteiger partial charge in [-0.3, -0.25) is 10.1 Å². The van der Waals surface area contributed by atoms with E-state index < -0.39 is 4.92 Å². The Morgan fingerprint density at radius 1 is 1.26 bits per heavy atom. The lowest BCUT2D eigenvalue weighted by Gasteiger charge is -2.06. The summed E-state index contributed by atoms with van der Waals surface area (Å²) in [4.78, 5) is 14.1. The third kappa shape index (κ3) is 3.33. The maximum Gasteiger partial charge on any atom is 0.330 e. The van der Waals surface area contributed by atoms with E-state index in [1.54, 1.807) is 18.2 Å². The molecule has 0 saturated carbocycles. The zero-order chi connectivity index (χ0) is 13.8. The molecule has 2 rings (SSSR count). The van der Waals surface area contributed by atoms with Gasteiger partial charge in [0, 0.05) is 12.3 Å². The lowest BCUT2D eigenvalue weighted by molar-refractivity contribution is -0.386. The third-order valence-electron chi connectivity index (χ3n) is 2.31. The second kappa shape index (κ2) is 5.86. The molecule has 0 spiro atoms. The van der Waals surface area contributed by atoms with Crippen molar-refractivity contribution in [2.45, 2.75) is 6.61 Å². The van der Waals surface area contributed by atoms with Crippen molar-refractivity contribution in [3.05, 3.63) is 62.3 Å². The Morgan fingerprint density at radius 2 is 2.05 bits per heavy atom. The predicted octanol–water partition coefficient (Wildman–Crippen LogP) is 3.88. The van der Waals surface area contributed by atoms with E-state index in [2.05, 4.69) is 4.98 Å². The van der Waals surface area contributed by atoms with Crippen molar-refractivity contribution in [2.75, 3.05) is 0 Å². The number of pyridine rings is 1. The van der Waals surface area contributed by atoms with Crippen molar-refractivity contribution < 1.29 is 9.66 Å². The van der Waals surface area contributed by atoms with Crippen LogP contribution in [0, 0.1) is 10.1 Å². The number of halogens is 2. The zero-order valence-electron chi connectivity index (χ0n) is 9.55. The SMILES string of the molecule is O=[N+]([O-])c1cccnc1OCc1ccc(Cl)c(Cl)c1. The van der Waals surface area contributed by atoms with Crippen LogP contribution in [0.25, 0.3) is 0 Å². The molecule has 0 N–H and O–H groups in total. The number of ether oxygens (including phenoxy) is 1. The van der Waals surface area contributed by atoms with Crippen LogP contribution >= 0.6 is 23.2 Å². The fraction of sp³-hybridized carbons (Fsp3) is 0.0833. The largest absolute Gasteiger partial charge is 0.468 e. The maximum absolute atomic E-state index is 10.8. The number of nitro groups is 1. The molecule has 1 aromatic carbocycles. The molecule has 0 aliphatic carbocycles. The summed E-state index contributed by atoms with van der Waals surface area (Å²) in [7, 11) is 0. The average molecular weight is 299 g/mol. The second-order valence-corrected chi connectivity index (χ2v) is 4.44. The van der Waals surface area contributed by atoms with Gasteiger partial charge in [-0.2, -0.15) is 0 Å². The molecule has 0 atom stereocenters. The first kappa shape index (κ1) is 13.6. The van der Waals surface area contributed by atoms with E-state index in [4.69, 9.17) is 27.9 Å². The van der Waals surface area contributed by atoms with E-state index in [1.165, 1.54) is 18.3 Å². The van der Waals surface area contributed by atoms with E-state index in [9.17, 15) is 10.1 Å². The first-order valence-corrected chi connectivity index (χ1v) is 5.99.